The summed E-state index contributed by atoms with van der Waals surface area (Å²) in [5.41, 5.74) is 2.64. The predicted octanol–water partition coefficient (Wildman–Crippen LogP) is 5.07. The Kier molecular flexibility index (Phi) is 5.95. The van der Waals surface area contributed by atoms with Gasteiger partial charge in [0.25, 0.3) is 10.0 Å². The Bertz CT molecular complexity index is 931. The maximum absolute atomic E-state index is 12.4. The fourth-order valence-corrected chi connectivity index (χ4v) is 3.41. The lowest BCUT2D eigenvalue weighted by atomic mass is 9.80. The van der Waals surface area contributed by atoms with Gasteiger partial charge in [-0.25, -0.2) is 17.9 Å². The van der Waals surface area contributed by atoms with Crippen molar-refractivity contribution in [3.63, 3.8) is 0 Å². The normalized spacial score (nSPS) is 12.5. The molecular formula is C22H29NO4S. The van der Waals surface area contributed by atoms with E-state index in [-0.39, 0.29) is 15.7 Å². The van der Waals surface area contributed by atoms with E-state index in [1.807, 2.05) is 11.6 Å². The first-order valence-electron chi connectivity index (χ1n) is 9.16. The predicted molar refractivity (Wildman–Crippen MR) is 111 cm³/mol. The second-order valence-electron chi connectivity index (χ2n) is 9.05. The molecule has 6 heteroatoms. The zero-order valence-electron chi connectivity index (χ0n) is 17.6. The van der Waals surface area contributed by atoms with E-state index in [2.05, 4.69) is 47.6 Å². The van der Waals surface area contributed by atoms with Gasteiger partial charge >= 0.3 is 6.09 Å². The largest absolute Gasteiger partial charge is 0.426 e. The average molecular weight is 404 g/mol. The van der Waals surface area contributed by atoms with Crippen molar-refractivity contribution in [3.05, 3.63) is 59.2 Å². The van der Waals surface area contributed by atoms with Gasteiger partial charge in [-0.15, -0.1) is 0 Å². The SMILES string of the molecule is Cc1ccc(S(=O)(=O)NC(=O)Oc2cc(C(C)(C)C)cc(C(C)(C)C)c2)cc1. The summed E-state index contributed by atoms with van der Waals surface area (Å²) < 4.78 is 32.1. The number of carbonyl (C=O) groups excluding carboxylic acids is 1. The van der Waals surface area contributed by atoms with Crippen LogP contribution >= 0.6 is 0 Å². The molecule has 0 aliphatic heterocycles. The van der Waals surface area contributed by atoms with Crippen LogP contribution in [0, 0.1) is 6.92 Å². The van der Waals surface area contributed by atoms with Gasteiger partial charge in [0, 0.05) is 0 Å². The van der Waals surface area contributed by atoms with Crippen LogP contribution in [0.3, 0.4) is 0 Å². The van der Waals surface area contributed by atoms with E-state index in [1.165, 1.54) is 12.1 Å². The number of benzene rings is 2. The van der Waals surface area contributed by atoms with E-state index >= 15 is 0 Å². The number of nitrogens with one attached hydrogen (secondary N) is 1. The number of amides is 1. The van der Waals surface area contributed by atoms with Crippen LogP contribution in [0.5, 0.6) is 5.75 Å². The fourth-order valence-electron chi connectivity index (χ4n) is 2.54. The van der Waals surface area contributed by atoms with Crippen LogP contribution in [0.2, 0.25) is 0 Å². The van der Waals surface area contributed by atoms with E-state index in [9.17, 15) is 13.2 Å². The van der Waals surface area contributed by atoms with Gasteiger partial charge in [-0.3, -0.25) is 0 Å². The standard InChI is InChI=1S/C22H29NO4S/c1-15-8-10-19(11-9-15)28(25,26)23-20(24)27-18-13-16(21(2,3)4)12-17(14-18)22(5,6)7/h8-14H,1-7H3,(H,23,24). The highest BCUT2D eigenvalue weighted by Gasteiger charge is 2.23. The van der Waals surface area contributed by atoms with Crippen LogP contribution < -0.4 is 9.46 Å². The van der Waals surface area contributed by atoms with Gasteiger partial charge in [0.05, 0.1) is 4.90 Å². The first kappa shape index (κ1) is 22.0. The summed E-state index contributed by atoms with van der Waals surface area (Å²) in [6, 6.07) is 11.9. The molecule has 1 amide bonds. The molecule has 0 unspecified atom stereocenters. The second kappa shape index (κ2) is 7.59. The van der Waals surface area contributed by atoms with Crippen LogP contribution in [0.4, 0.5) is 4.79 Å². The molecule has 1 N–H and O–H groups in total. The minimum Gasteiger partial charge on any atom is -0.410 e. The molecule has 152 valence electrons. The van der Waals surface area contributed by atoms with Gasteiger partial charge in [0.2, 0.25) is 0 Å². The zero-order chi connectivity index (χ0) is 21.3. The van der Waals surface area contributed by atoms with Crippen molar-refractivity contribution in [1.82, 2.24) is 4.72 Å². The first-order valence-corrected chi connectivity index (χ1v) is 10.6. The molecule has 0 fully saturated rings. The molecule has 28 heavy (non-hydrogen) atoms. The Morgan fingerprint density at radius 1 is 0.857 bits per heavy atom. The molecule has 0 spiro atoms. The molecule has 2 rings (SSSR count). The van der Waals surface area contributed by atoms with Gasteiger partial charge in [0.15, 0.2) is 0 Å². The van der Waals surface area contributed by atoms with Gasteiger partial charge < -0.3 is 4.74 Å². The molecule has 0 saturated carbocycles. The van der Waals surface area contributed by atoms with Crippen LogP contribution in [0.25, 0.3) is 0 Å². The molecule has 0 aliphatic rings. The van der Waals surface area contributed by atoms with Gasteiger partial charge in [-0.1, -0.05) is 65.3 Å². The van der Waals surface area contributed by atoms with Crippen LogP contribution in [0.15, 0.2) is 47.4 Å². The Morgan fingerprint density at radius 3 is 1.75 bits per heavy atom. The summed E-state index contributed by atoms with van der Waals surface area (Å²) in [5, 5.41) is 0. The number of ether oxygens (including phenoxy) is 1. The Morgan fingerprint density at radius 2 is 1.32 bits per heavy atom. The van der Waals surface area contributed by atoms with Crippen LogP contribution in [-0.2, 0) is 20.9 Å². The van der Waals surface area contributed by atoms with Crippen molar-refractivity contribution in [2.24, 2.45) is 0 Å². The fraction of sp³-hybridized carbons (Fsp3) is 0.409. The van der Waals surface area contributed by atoms with Crippen molar-refractivity contribution in [3.8, 4) is 5.75 Å². The molecule has 0 atom stereocenters. The molecule has 0 bridgehead atoms. The van der Waals surface area contributed by atoms with Crippen molar-refractivity contribution in [2.45, 2.75) is 64.2 Å². The lowest BCUT2D eigenvalue weighted by Gasteiger charge is -2.25. The number of hydrogen-bond donors (Lipinski definition) is 1. The Balaban J connectivity index is 2.29. The van der Waals surface area contributed by atoms with E-state index in [4.69, 9.17) is 4.74 Å². The first-order chi connectivity index (χ1) is 12.7. The van der Waals surface area contributed by atoms with E-state index < -0.39 is 16.1 Å². The van der Waals surface area contributed by atoms with E-state index in [0.29, 0.717) is 5.75 Å². The molecule has 0 aliphatic carbocycles. The average Bonchev–Trinajstić information content (AvgIpc) is 2.52. The topological polar surface area (TPSA) is 72.5 Å². The van der Waals surface area contributed by atoms with Gasteiger partial charge in [-0.2, -0.15) is 0 Å². The van der Waals surface area contributed by atoms with E-state index in [0.717, 1.165) is 16.7 Å². The minimum atomic E-state index is -4.00. The lowest BCUT2D eigenvalue weighted by Crippen LogP contribution is -2.33. The molecule has 2 aromatic carbocycles. The number of aryl methyl sites for hydroxylation is 1. The summed E-state index contributed by atoms with van der Waals surface area (Å²) in [7, 11) is -4.00. The highest BCUT2D eigenvalue weighted by atomic mass is 32.2. The van der Waals surface area contributed by atoms with Crippen molar-refractivity contribution >= 4 is 16.1 Å². The molecule has 0 radical (unpaired) electrons. The maximum Gasteiger partial charge on any atom is 0.426 e. The quantitative estimate of drug-likeness (QED) is 0.777. The molecule has 0 heterocycles. The summed E-state index contributed by atoms with van der Waals surface area (Å²) in [5.74, 6) is 0.314. The number of hydrogen-bond acceptors (Lipinski definition) is 4. The van der Waals surface area contributed by atoms with Crippen molar-refractivity contribution < 1.29 is 17.9 Å². The minimum absolute atomic E-state index is 0.00822. The Labute approximate surface area is 168 Å². The van der Waals surface area contributed by atoms with Crippen LogP contribution in [-0.4, -0.2) is 14.5 Å². The second-order valence-corrected chi connectivity index (χ2v) is 10.7. The summed E-state index contributed by atoms with van der Waals surface area (Å²) in [4.78, 5) is 12.3. The number of carbonyl (C=O) groups is 1. The Hall–Kier alpha value is -2.34. The van der Waals surface area contributed by atoms with Crippen molar-refractivity contribution in [2.75, 3.05) is 0 Å². The summed E-state index contributed by atoms with van der Waals surface area (Å²) in [6.07, 6.45) is -1.04. The highest BCUT2D eigenvalue weighted by molar-refractivity contribution is 7.90. The summed E-state index contributed by atoms with van der Waals surface area (Å²) in [6.45, 7) is 14.3. The lowest BCUT2D eigenvalue weighted by molar-refractivity contribution is 0.206. The monoisotopic (exact) mass is 403 g/mol. The molecule has 2 aromatic rings. The summed E-state index contributed by atoms with van der Waals surface area (Å²) >= 11 is 0. The molecule has 5 nitrogen and oxygen atoms in total. The van der Waals surface area contributed by atoms with Crippen molar-refractivity contribution in [1.29, 1.82) is 0 Å². The molecular weight excluding hydrogens is 374 g/mol. The number of rotatable bonds is 3. The molecule has 0 saturated heterocycles. The zero-order valence-corrected chi connectivity index (χ0v) is 18.4. The van der Waals surface area contributed by atoms with E-state index in [1.54, 1.807) is 24.3 Å². The third-order valence-electron chi connectivity index (χ3n) is 4.40. The number of sulfonamides is 1. The van der Waals surface area contributed by atoms with Crippen LogP contribution in [0.1, 0.15) is 58.2 Å². The molecule has 0 aromatic heterocycles. The smallest absolute Gasteiger partial charge is 0.410 e. The maximum atomic E-state index is 12.4. The third kappa shape index (κ3) is 5.58. The van der Waals surface area contributed by atoms with Gasteiger partial charge in [0.1, 0.15) is 5.75 Å². The third-order valence-corrected chi connectivity index (χ3v) is 5.73. The highest BCUT2D eigenvalue weighted by Crippen LogP contribution is 2.33. The van der Waals surface area contributed by atoms with Gasteiger partial charge in [-0.05, 0) is 53.1 Å².